The number of alkyl halides is 2. The van der Waals surface area contributed by atoms with Crippen LogP contribution in [0, 0.1) is 0 Å². The van der Waals surface area contributed by atoms with E-state index in [0.29, 0.717) is 6.42 Å². The van der Waals surface area contributed by atoms with Crippen LogP contribution in [0.4, 0.5) is 8.78 Å². The molecule has 0 radical (unpaired) electrons. The van der Waals surface area contributed by atoms with E-state index >= 15 is 0 Å². The minimum absolute atomic E-state index is 0.0625. The number of aryl methyl sites for hydroxylation is 1. The lowest BCUT2D eigenvalue weighted by molar-refractivity contribution is -0.136. The Balaban J connectivity index is 1.75. The Labute approximate surface area is 184 Å². The molecule has 0 atom stereocenters. The van der Waals surface area contributed by atoms with E-state index in [-0.39, 0.29) is 12.2 Å². The van der Waals surface area contributed by atoms with E-state index in [0.717, 1.165) is 33.3 Å². The normalized spacial score (nSPS) is 11.5. The molecule has 0 spiro atoms. The quantitative estimate of drug-likeness (QED) is 0.349. The van der Waals surface area contributed by atoms with Crippen molar-refractivity contribution >= 4 is 29.0 Å². The number of fused-ring (bicyclic) bond motifs is 1. The molecule has 0 aliphatic carbocycles. The number of carbonyl (C=O) groups is 1. The summed E-state index contributed by atoms with van der Waals surface area (Å²) < 4.78 is 31.3. The average molecular weight is 433 g/mol. The highest BCUT2D eigenvalue weighted by molar-refractivity contribution is 5.93. The maximum Gasteiger partial charge on any atom is 0.387 e. The summed E-state index contributed by atoms with van der Waals surface area (Å²) in [4.78, 5) is 11.0. The Kier molecular flexibility index (Phi) is 6.31. The maximum atomic E-state index is 12.5. The first kappa shape index (κ1) is 21.3. The number of aromatic nitrogens is 1. The number of ether oxygens (including phenoxy) is 1. The van der Waals surface area contributed by atoms with Crippen LogP contribution in [0.5, 0.6) is 5.75 Å². The van der Waals surface area contributed by atoms with Gasteiger partial charge < -0.3 is 14.4 Å². The Morgan fingerprint density at radius 1 is 1.00 bits per heavy atom. The molecule has 0 aliphatic heterocycles. The van der Waals surface area contributed by atoms with E-state index in [2.05, 4.69) is 4.74 Å². The van der Waals surface area contributed by atoms with Gasteiger partial charge in [0.15, 0.2) is 0 Å². The van der Waals surface area contributed by atoms with E-state index in [1.165, 1.54) is 12.1 Å². The van der Waals surface area contributed by atoms with Gasteiger partial charge in [0.1, 0.15) is 5.75 Å². The van der Waals surface area contributed by atoms with Gasteiger partial charge in [0.2, 0.25) is 0 Å². The van der Waals surface area contributed by atoms with Crippen molar-refractivity contribution < 1.29 is 23.4 Å². The minimum Gasteiger partial charge on any atom is -0.481 e. The fourth-order valence-corrected chi connectivity index (χ4v) is 3.59. The molecule has 0 amide bonds. The molecule has 4 nitrogen and oxygen atoms in total. The van der Waals surface area contributed by atoms with Crippen LogP contribution in [-0.4, -0.2) is 22.3 Å². The summed E-state index contributed by atoms with van der Waals surface area (Å²) >= 11 is 0. The van der Waals surface area contributed by atoms with E-state index in [9.17, 15) is 13.6 Å². The Hall–Kier alpha value is -3.93. The molecule has 1 N–H and O–H groups in total. The van der Waals surface area contributed by atoms with Crippen molar-refractivity contribution in [2.24, 2.45) is 0 Å². The van der Waals surface area contributed by atoms with Crippen LogP contribution in [0.25, 0.3) is 28.7 Å². The summed E-state index contributed by atoms with van der Waals surface area (Å²) in [7, 11) is 0. The zero-order valence-electron chi connectivity index (χ0n) is 17.1. The number of halogens is 2. The highest BCUT2D eigenvalue weighted by Crippen LogP contribution is 2.29. The molecule has 3 aromatic carbocycles. The summed E-state index contributed by atoms with van der Waals surface area (Å²) in [6.07, 6.45) is 6.52. The molecule has 4 aromatic rings. The lowest BCUT2D eigenvalue weighted by Gasteiger charge is -2.08. The number of hydrogen-bond donors (Lipinski definition) is 1. The van der Waals surface area contributed by atoms with E-state index in [1.807, 2.05) is 71.4 Å². The van der Waals surface area contributed by atoms with Gasteiger partial charge in [-0.05, 0) is 53.9 Å². The summed E-state index contributed by atoms with van der Waals surface area (Å²) in [5.74, 6) is -0.738. The molecule has 6 heteroatoms. The SMILES string of the molecule is O=C(O)CCc1ccc2c(c1)c(C=Cc1ccccc1)cn2-c1ccc(OC(F)F)cc1. The number of carboxylic acids is 1. The molecule has 4 rings (SSSR count). The molecule has 0 unspecified atom stereocenters. The monoisotopic (exact) mass is 433 g/mol. The smallest absolute Gasteiger partial charge is 0.387 e. The van der Waals surface area contributed by atoms with Crippen LogP contribution >= 0.6 is 0 Å². The molecular weight excluding hydrogens is 412 g/mol. The Bertz CT molecular complexity index is 1250. The van der Waals surface area contributed by atoms with Crippen LogP contribution in [0.2, 0.25) is 0 Å². The molecule has 162 valence electrons. The van der Waals surface area contributed by atoms with Crippen LogP contribution in [-0.2, 0) is 11.2 Å². The summed E-state index contributed by atoms with van der Waals surface area (Å²) in [5, 5.41) is 9.99. The predicted molar refractivity (Wildman–Crippen MR) is 121 cm³/mol. The lowest BCUT2D eigenvalue weighted by atomic mass is 10.0. The van der Waals surface area contributed by atoms with Crippen molar-refractivity contribution in [3.63, 3.8) is 0 Å². The first-order valence-corrected chi connectivity index (χ1v) is 10.1. The first-order valence-electron chi connectivity index (χ1n) is 10.1. The molecule has 0 fully saturated rings. The van der Waals surface area contributed by atoms with Crippen LogP contribution in [0.1, 0.15) is 23.1 Å². The van der Waals surface area contributed by atoms with E-state index < -0.39 is 12.6 Å². The topological polar surface area (TPSA) is 51.5 Å². The van der Waals surface area contributed by atoms with Crippen molar-refractivity contribution in [1.29, 1.82) is 0 Å². The highest BCUT2D eigenvalue weighted by atomic mass is 19.3. The van der Waals surface area contributed by atoms with Gasteiger partial charge in [-0.1, -0.05) is 48.6 Å². The van der Waals surface area contributed by atoms with Gasteiger partial charge >= 0.3 is 12.6 Å². The average Bonchev–Trinajstić information content (AvgIpc) is 3.15. The zero-order valence-corrected chi connectivity index (χ0v) is 17.1. The molecule has 0 bridgehead atoms. The van der Waals surface area contributed by atoms with Crippen molar-refractivity contribution in [1.82, 2.24) is 4.57 Å². The van der Waals surface area contributed by atoms with Crippen molar-refractivity contribution in [3.05, 3.63) is 95.7 Å². The number of hydrogen-bond acceptors (Lipinski definition) is 2. The molecule has 0 aliphatic rings. The van der Waals surface area contributed by atoms with Gasteiger partial charge in [-0.25, -0.2) is 0 Å². The third-order valence-electron chi connectivity index (χ3n) is 5.12. The zero-order chi connectivity index (χ0) is 22.5. The third kappa shape index (κ3) is 5.03. The highest BCUT2D eigenvalue weighted by Gasteiger charge is 2.11. The van der Waals surface area contributed by atoms with Gasteiger partial charge in [0.25, 0.3) is 0 Å². The predicted octanol–water partition coefficient (Wildman–Crippen LogP) is 6.42. The second-order valence-corrected chi connectivity index (χ2v) is 7.32. The summed E-state index contributed by atoms with van der Waals surface area (Å²) in [5.41, 5.74) is 4.69. The Morgan fingerprint density at radius 2 is 1.75 bits per heavy atom. The molecule has 0 saturated carbocycles. The van der Waals surface area contributed by atoms with E-state index in [4.69, 9.17) is 5.11 Å². The van der Waals surface area contributed by atoms with Crippen molar-refractivity contribution in [2.45, 2.75) is 19.5 Å². The first-order chi connectivity index (χ1) is 15.5. The maximum absolute atomic E-state index is 12.5. The molecule has 32 heavy (non-hydrogen) atoms. The lowest BCUT2D eigenvalue weighted by Crippen LogP contribution is -2.02. The van der Waals surface area contributed by atoms with Gasteiger partial charge in [-0.15, -0.1) is 0 Å². The van der Waals surface area contributed by atoms with Crippen molar-refractivity contribution in [3.8, 4) is 11.4 Å². The van der Waals surface area contributed by atoms with Crippen LogP contribution < -0.4 is 4.74 Å². The van der Waals surface area contributed by atoms with Crippen LogP contribution in [0.3, 0.4) is 0 Å². The standard InChI is InChI=1S/C26H21F2NO3/c27-26(28)32-22-12-10-21(11-13-22)29-17-20(9-6-18-4-2-1-3-5-18)23-16-19(7-14-24(23)29)8-15-25(30)31/h1-7,9-14,16-17,26H,8,15H2,(H,30,31). The van der Waals surface area contributed by atoms with Crippen LogP contribution in [0.15, 0.2) is 79.0 Å². The third-order valence-corrected chi connectivity index (χ3v) is 5.12. The van der Waals surface area contributed by atoms with E-state index in [1.54, 1.807) is 12.1 Å². The fourth-order valence-electron chi connectivity index (χ4n) is 3.59. The molecular formula is C26H21F2NO3. The summed E-state index contributed by atoms with van der Waals surface area (Å²) in [6, 6.07) is 22.3. The van der Waals surface area contributed by atoms with Gasteiger partial charge in [0, 0.05) is 29.3 Å². The summed E-state index contributed by atoms with van der Waals surface area (Å²) in [6.45, 7) is -2.87. The molecule has 1 aromatic heterocycles. The largest absolute Gasteiger partial charge is 0.481 e. The number of carboxylic acid groups (broad SMARTS) is 1. The molecule has 0 saturated heterocycles. The van der Waals surface area contributed by atoms with Crippen molar-refractivity contribution in [2.75, 3.05) is 0 Å². The Morgan fingerprint density at radius 3 is 2.44 bits per heavy atom. The number of rotatable bonds is 8. The number of aliphatic carboxylic acids is 1. The second kappa shape index (κ2) is 9.47. The number of nitrogens with zero attached hydrogens (tertiary/aromatic N) is 1. The van der Waals surface area contributed by atoms with Gasteiger partial charge in [-0.3, -0.25) is 4.79 Å². The van der Waals surface area contributed by atoms with Gasteiger partial charge in [0.05, 0.1) is 5.52 Å². The second-order valence-electron chi connectivity index (χ2n) is 7.32. The fraction of sp³-hybridized carbons (Fsp3) is 0.115. The molecule has 1 heterocycles. The van der Waals surface area contributed by atoms with Gasteiger partial charge in [-0.2, -0.15) is 8.78 Å². The minimum atomic E-state index is -2.87. The number of benzene rings is 3.